The van der Waals surface area contributed by atoms with Gasteiger partial charge in [0.25, 0.3) is 11.5 Å². The summed E-state index contributed by atoms with van der Waals surface area (Å²) in [6.07, 6.45) is 3.89. The van der Waals surface area contributed by atoms with E-state index in [1.165, 1.54) is 29.0 Å². The Hall–Kier alpha value is -3.96. The summed E-state index contributed by atoms with van der Waals surface area (Å²) in [5, 5.41) is 8.34. The van der Waals surface area contributed by atoms with Crippen molar-refractivity contribution in [3.63, 3.8) is 0 Å². The van der Waals surface area contributed by atoms with Crippen LogP contribution >= 0.6 is 11.6 Å². The van der Waals surface area contributed by atoms with E-state index in [9.17, 15) is 22.4 Å². The molecule has 5 aromatic rings. The van der Waals surface area contributed by atoms with E-state index in [0.717, 1.165) is 11.6 Å². The first-order valence-electron chi connectivity index (χ1n) is 10.7. The van der Waals surface area contributed by atoms with Gasteiger partial charge in [0.1, 0.15) is 11.5 Å². The van der Waals surface area contributed by atoms with Crippen molar-refractivity contribution in [3.05, 3.63) is 86.8 Å². The molecule has 3 heterocycles. The number of aryl methyl sites for hydroxylation is 1. The maximum atomic E-state index is 14.8. The highest BCUT2D eigenvalue weighted by molar-refractivity contribution is 7.89. The maximum absolute atomic E-state index is 14.8. The Balaban J connectivity index is 1.87. The van der Waals surface area contributed by atoms with Gasteiger partial charge in [-0.15, -0.1) is 0 Å². The number of aromatic nitrogens is 4. The average Bonchev–Trinajstić information content (AvgIpc) is 3.36. The lowest BCUT2D eigenvalue weighted by Crippen LogP contribution is -2.32. The molecule has 0 unspecified atom stereocenters. The number of fused-ring (bicyclic) bond motifs is 2. The molecule has 3 aromatic heterocycles. The SMILES string of the molecule is Cc1cc2c(-c3ccc[nH]c3=O)c(C(=O)NS(C)(=O)=O)n(Cc3cc4cn[nH]c4cc3Cl)c2cc1F. The minimum Gasteiger partial charge on any atom is -0.331 e. The summed E-state index contributed by atoms with van der Waals surface area (Å²) in [5.41, 5.74) is 1.54. The first-order chi connectivity index (χ1) is 17.0. The van der Waals surface area contributed by atoms with Crippen LogP contribution in [0.2, 0.25) is 5.02 Å². The van der Waals surface area contributed by atoms with Crippen LogP contribution in [0.1, 0.15) is 21.6 Å². The van der Waals surface area contributed by atoms with Crippen molar-refractivity contribution in [1.82, 2.24) is 24.5 Å². The van der Waals surface area contributed by atoms with Crippen LogP contribution in [0.15, 0.2) is 53.6 Å². The number of benzene rings is 2. The van der Waals surface area contributed by atoms with Gasteiger partial charge in [-0.05, 0) is 54.4 Å². The molecule has 3 N–H and O–H groups in total. The molecule has 0 aliphatic heterocycles. The molecule has 0 saturated heterocycles. The van der Waals surface area contributed by atoms with E-state index < -0.39 is 27.3 Å². The topological polar surface area (TPSA) is 130 Å². The fourth-order valence-electron chi connectivity index (χ4n) is 4.29. The molecular formula is C24H19ClFN5O4S. The standard InChI is InChI=1S/C24H19ClFN5O4S/c1-12-6-16-20(9-18(12)26)31(11-14-7-13-10-28-29-19(13)8-17(14)25)22(24(33)30-36(2,34)35)21(16)15-4-3-5-27-23(15)32/h3-10H,11H2,1-2H3,(H,27,32)(H,28,29)(H,30,33). The Kier molecular flexibility index (Phi) is 5.68. The van der Waals surface area contributed by atoms with Crippen LogP contribution in [-0.4, -0.2) is 40.3 Å². The van der Waals surface area contributed by atoms with Gasteiger partial charge < -0.3 is 9.55 Å². The highest BCUT2D eigenvalue weighted by atomic mass is 35.5. The van der Waals surface area contributed by atoms with Crippen molar-refractivity contribution in [2.45, 2.75) is 13.5 Å². The van der Waals surface area contributed by atoms with Gasteiger partial charge in [-0.25, -0.2) is 17.5 Å². The van der Waals surface area contributed by atoms with Gasteiger partial charge in [0, 0.05) is 39.7 Å². The van der Waals surface area contributed by atoms with E-state index in [1.54, 1.807) is 31.3 Å². The minimum atomic E-state index is -3.96. The number of hydrogen-bond donors (Lipinski definition) is 3. The second-order valence-corrected chi connectivity index (χ2v) is 10.6. The molecule has 1 amide bonds. The molecule has 0 spiro atoms. The maximum Gasteiger partial charge on any atom is 0.282 e. The zero-order valence-corrected chi connectivity index (χ0v) is 20.6. The summed E-state index contributed by atoms with van der Waals surface area (Å²) in [7, 11) is -3.96. The number of aromatic amines is 2. The van der Waals surface area contributed by atoms with Crippen LogP contribution in [-0.2, 0) is 16.6 Å². The molecule has 0 bridgehead atoms. The zero-order valence-electron chi connectivity index (χ0n) is 19.0. The molecule has 0 radical (unpaired) electrons. The van der Waals surface area contributed by atoms with Crippen LogP contribution in [0.25, 0.3) is 32.9 Å². The lowest BCUT2D eigenvalue weighted by molar-refractivity contribution is 0.0974. The zero-order chi connectivity index (χ0) is 25.8. The molecule has 0 aliphatic rings. The van der Waals surface area contributed by atoms with E-state index in [-0.39, 0.29) is 23.4 Å². The summed E-state index contributed by atoms with van der Waals surface area (Å²) in [4.78, 5) is 28.8. The largest absolute Gasteiger partial charge is 0.331 e. The quantitative estimate of drug-likeness (QED) is 0.321. The van der Waals surface area contributed by atoms with Crippen LogP contribution in [0.3, 0.4) is 0 Å². The van der Waals surface area contributed by atoms with Crippen molar-refractivity contribution in [2.24, 2.45) is 0 Å². The van der Waals surface area contributed by atoms with Crippen molar-refractivity contribution in [2.75, 3.05) is 6.26 Å². The van der Waals surface area contributed by atoms with E-state index in [4.69, 9.17) is 11.6 Å². The van der Waals surface area contributed by atoms with Crippen LogP contribution in [0.5, 0.6) is 0 Å². The normalized spacial score (nSPS) is 11.9. The summed E-state index contributed by atoms with van der Waals surface area (Å²) < 4.78 is 42.2. The lowest BCUT2D eigenvalue weighted by atomic mass is 10.0. The number of nitrogens with one attached hydrogen (secondary N) is 3. The number of hydrogen-bond acceptors (Lipinski definition) is 5. The third-order valence-corrected chi connectivity index (χ3v) is 6.77. The van der Waals surface area contributed by atoms with Crippen LogP contribution in [0, 0.1) is 12.7 Å². The molecule has 0 fully saturated rings. The third-order valence-electron chi connectivity index (χ3n) is 5.86. The Morgan fingerprint density at radius 2 is 2.03 bits per heavy atom. The second-order valence-electron chi connectivity index (χ2n) is 8.45. The molecule has 0 aliphatic carbocycles. The lowest BCUT2D eigenvalue weighted by Gasteiger charge is -2.13. The van der Waals surface area contributed by atoms with Gasteiger partial charge in [0.2, 0.25) is 10.0 Å². The van der Waals surface area contributed by atoms with Gasteiger partial charge in [0.15, 0.2) is 0 Å². The molecule has 0 saturated carbocycles. The van der Waals surface area contributed by atoms with Gasteiger partial charge >= 0.3 is 0 Å². The van der Waals surface area contributed by atoms with E-state index in [1.807, 2.05) is 4.72 Å². The highest BCUT2D eigenvalue weighted by Gasteiger charge is 2.28. The number of carbonyl (C=O) groups is 1. The van der Waals surface area contributed by atoms with Gasteiger partial charge in [-0.3, -0.25) is 14.7 Å². The fraction of sp³-hybridized carbons (Fsp3) is 0.125. The minimum absolute atomic E-state index is 0.0177. The van der Waals surface area contributed by atoms with Crippen molar-refractivity contribution in [1.29, 1.82) is 0 Å². The van der Waals surface area contributed by atoms with Gasteiger partial charge in [-0.2, -0.15) is 5.10 Å². The Bertz CT molecular complexity index is 1860. The van der Waals surface area contributed by atoms with Crippen molar-refractivity contribution < 1.29 is 17.6 Å². The smallest absolute Gasteiger partial charge is 0.282 e. The number of carbonyl (C=O) groups excluding carboxylic acids is 1. The summed E-state index contributed by atoms with van der Waals surface area (Å²) in [5.74, 6) is -1.49. The number of H-pyrrole nitrogens is 2. The Labute approximate surface area is 209 Å². The third kappa shape index (κ3) is 4.16. The van der Waals surface area contributed by atoms with E-state index in [2.05, 4.69) is 15.2 Å². The van der Waals surface area contributed by atoms with Crippen molar-refractivity contribution >= 4 is 49.3 Å². The first-order valence-corrected chi connectivity index (χ1v) is 12.9. The number of amides is 1. The number of nitrogens with zero attached hydrogens (tertiary/aromatic N) is 2. The highest BCUT2D eigenvalue weighted by Crippen LogP contribution is 2.36. The van der Waals surface area contributed by atoms with Crippen molar-refractivity contribution in [3.8, 4) is 11.1 Å². The van der Waals surface area contributed by atoms with Gasteiger partial charge in [-0.1, -0.05) is 11.6 Å². The number of sulfonamides is 1. The van der Waals surface area contributed by atoms with Gasteiger partial charge in [0.05, 0.1) is 23.5 Å². The van der Waals surface area contributed by atoms with Crippen LogP contribution in [0.4, 0.5) is 4.39 Å². The molecular weight excluding hydrogens is 509 g/mol. The summed E-state index contributed by atoms with van der Waals surface area (Å²) >= 11 is 6.52. The first kappa shape index (κ1) is 23.8. The van der Waals surface area contributed by atoms with Crippen LogP contribution < -0.4 is 10.3 Å². The fourth-order valence-corrected chi connectivity index (χ4v) is 4.95. The molecule has 184 valence electrons. The molecule has 12 heteroatoms. The molecule has 5 rings (SSSR count). The van der Waals surface area contributed by atoms with E-state index in [0.29, 0.717) is 32.6 Å². The number of rotatable bonds is 5. The summed E-state index contributed by atoms with van der Waals surface area (Å²) in [6.45, 7) is 1.54. The predicted octanol–water partition coefficient (Wildman–Crippen LogP) is 3.71. The molecule has 36 heavy (non-hydrogen) atoms. The predicted molar refractivity (Wildman–Crippen MR) is 135 cm³/mol. The number of pyridine rings is 1. The molecule has 0 atom stereocenters. The number of halogens is 2. The molecule has 9 nitrogen and oxygen atoms in total. The monoisotopic (exact) mass is 527 g/mol. The Morgan fingerprint density at radius 1 is 1.25 bits per heavy atom. The molecule has 2 aromatic carbocycles. The average molecular weight is 528 g/mol. The van der Waals surface area contributed by atoms with E-state index >= 15 is 0 Å². The Morgan fingerprint density at radius 3 is 2.75 bits per heavy atom. The summed E-state index contributed by atoms with van der Waals surface area (Å²) in [6, 6.07) is 9.32. The second kappa shape index (κ2) is 8.61.